The quantitative estimate of drug-likeness (QED) is 0.292. The van der Waals surface area contributed by atoms with Crippen molar-refractivity contribution in [1.29, 1.82) is 0 Å². The Labute approximate surface area is 209 Å². The van der Waals surface area contributed by atoms with Gasteiger partial charge in [0.05, 0.1) is 13.2 Å². The highest BCUT2D eigenvalue weighted by molar-refractivity contribution is 5.71. The molecule has 4 rings (SSSR count). The van der Waals surface area contributed by atoms with Crippen LogP contribution < -0.4 is 9.47 Å². The minimum Gasteiger partial charge on any atom is -0.496 e. The smallest absolute Gasteiger partial charge is 0.126 e. The molecule has 0 spiro atoms. The summed E-state index contributed by atoms with van der Waals surface area (Å²) < 4.78 is 12.0. The molecule has 3 nitrogen and oxygen atoms in total. The van der Waals surface area contributed by atoms with Gasteiger partial charge in [-0.15, -0.1) is 0 Å². The fourth-order valence-electron chi connectivity index (χ4n) is 4.36. The maximum atomic E-state index is 11.3. The van der Waals surface area contributed by atoms with Crippen molar-refractivity contribution in [2.45, 2.75) is 45.3 Å². The van der Waals surface area contributed by atoms with Crippen LogP contribution in [0, 0.1) is 0 Å². The van der Waals surface area contributed by atoms with Crippen LogP contribution in [0.3, 0.4) is 0 Å². The first kappa shape index (κ1) is 24.6. The largest absolute Gasteiger partial charge is 0.496 e. The topological polar surface area (TPSA) is 38.7 Å². The summed E-state index contributed by atoms with van der Waals surface area (Å²) in [7, 11) is 1.68. The number of aliphatic hydroxyl groups is 1. The number of hydrogen-bond donors (Lipinski definition) is 1. The van der Waals surface area contributed by atoms with E-state index in [1.807, 2.05) is 66.7 Å². The van der Waals surface area contributed by atoms with Crippen molar-refractivity contribution < 1.29 is 14.6 Å². The second kappa shape index (κ2) is 10.8. The zero-order valence-electron chi connectivity index (χ0n) is 21.0. The van der Waals surface area contributed by atoms with Crippen molar-refractivity contribution in [2.24, 2.45) is 0 Å². The van der Waals surface area contributed by atoms with Crippen LogP contribution in [0.2, 0.25) is 0 Å². The van der Waals surface area contributed by atoms with E-state index in [0.717, 1.165) is 44.9 Å². The van der Waals surface area contributed by atoms with Crippen molar-refractivity contribution in [3.8, 4) is 22.6 Å². The third-order valence-corrected chi connectivity index (χ3v) is 6.23. The van der Waals surface area contributed by atoms with Gasteiger partial charge < -0.3 is 14.6 Å². The van der Waals surface area contributed by atoms with Gasteiger partial charge in [0.15, 0.2) is 0 Å². The van der Waals surface area contributed by atoms with Crippen LogP contribution in [-0.4, -0.2) is 12.2 Å². The highest BCUT2D eigenvalue weighted by Crippen LogP contribution is 2.37. The van der Waals surface area contributed by atoms with Gasteiger partial charge in [0.2, 0.25) is 0 Å². The molecule has 180 valence electrons. The number of rotatable bonds is 8. The molecule has 1 N–H and O–H groups in total. The van der Waals surface area contributed by atoms with Gasteiger partial charge in [-0.3, -0.25) is 0 Å². The van der Waals surface area contributed by atoms with Crippen LogP contribution in [0.1, 0.15) is 49.1 Å². The SMILES string of the molecule is COc1ccccc1-c1cccc(C(O)Cc2cccc(C(C)(C)C)c2OCc2ccccc2)c1. The lowest BCUT2D eigenvalue weighted by Gasteiger charge is -2.26. The maximum Gasteiger partial charge on any atom is 0.126 e. The molecule has 0 saturated heterocycles. The van der Waals surface area contributed by atoms with E-state index >= 15 is 0 Å². The highest BCUT2D eigenvalue weighted by atomic mass is 16.5. The molecule has 4 aromatic carbocycles. The Morgan fingerprint density at radius 1 is 0.800 bits per heavy atom. The number of methoxy groups -OCH3 is 1. The Kier molecular flexibility index (Phi) is 7.57. The van der Waals surface area contributed by atoms with Crippen molar-refractivity contribution in [3.05, 3.63) is 119 Å². The summed E-state index contributed by atoms with van der Waals surface area (Å²) in [5.74, 6) is 1.68. The summed E-state index contributed by atoms with van der Waals surface area (Å²) in [6.07, 6.45) is -0.206. The molecule has 0 saturated carbocycles. The van der Waals surface area contributed by atoms with E-state index in [4.69, 9.17) is 9.47 Å². The fourth-order valence-corrected chi connectivity index (χ4v) is 4.36. The van der Waals surface area contributed by atoms with Gasteiger partial charge in [-0.1, -0.05) is 106 Å². The summed E-state index contributed by atoms with van der Waals surface area (Å²) in [5.41, 5.74) is 6.06. The van der Waals surface area contributed by atoms with Crippen LogP contribution in [0.5, 0.6) is 11.5 Å². The predicted molar refractivity (Wildman–Crippen MR) is 143 cm³/mol. The van der Waals surface area contributed by atoms with Gasteiger partial charge in [0.25, 0.3) is 0 Å². The van der Waals surface area contributed by atoms with Crippen LogP contribution in [-0.2, 0) is 18.4 Å². The lowest BCUT2D eigenvalue weighted by Crippen LogP contribution is -2.15. The first-order chi connectivity index (χ1) is 16.9. The average molecular weight is 467 g/mol. The third kappa shape index (κ3) is 5.93. The Morgan fingerprint density at radius 2 is 1.51 bits per heavy atom. The Hall–Kier alpha value is -3.56. The van der Waals surface area contributed by atoms with E-state index in [1.54, 1.807) is 7.11 Å². The Balaban J connectivity index is 1.63. The minimum absolute atomic E-state index is 0.0865. The molecule has 1 atom stereocenters. The van der Waals surface area contributed by atoms with Gasteiger partial charge >= 0.3 is 0 Å². The second-order valence-corrected chi connectivity index (χ2v) is 9.86. The van der Waals surface area contributed by atoms with Crippen LogP contribution in [0.25, 0.3) is 11.1 Å². The van der Waals surface area contributed by atoms with Crippen LogP contribution in [0.4, 0.5) is 0 Å². The van der Waals surface area contributed by atoms with Crippen molar-refractivity contribution in [2.75, 3.05) is 7.11 Å². The van der Waals surface area contributed by atoms with E-state index in [2.05, 4.69) is 51.1 Å². The third-order valence-electron chi connectivity index (χ3n) is 6.23. The predicted octanol–water partition coefficient (Wildman–Crippen LogP) is 7.51. The molecule has 0 bridgehead atoms. The monoisotopic (exact) mass is 466 g/mol. The molecule has 0 amide bonds. The normalized spacial score (nSPS) is 12.3. The first-order valence-electron chi connectivity index (χ1n) is 12.1. The van der Waals surface area contributed by atoms with Gasteiger partial charge in [0, 0.05) is 12.0 Å². The highest BCUT2D eigenvalue weighted by Gasteiger charge is 2.23. The van der Waals surface area contributed by atoms with E-state index in [9.17, 15) is 5.11 Å². The summed E-state index contributed by atoms with van der Waals surface area (Å²) in [6, 6.07) is 32.4. The lowest BCUT2D eigenvalue weighted by atomic mass is 9.84. The molecule has 0 radical (unpaired) electrons. The van der Waals surface area contributed by atoms with Crippen LogP contribution >= 0.6 is 0 Å². The molecule has 1 unspecified atom stereocenters. The molecule has 3 heteroatoms. The van der Waals surface area contributed by atoms with Crippen molar-refractivity contribution in [1.82, 2.24) is 0 Å². The second-order valence-electron chi connectivity index (χ2n) is 9.86. The van der Waals surface area contributed by atoms with E-state index in [-0.39, 0.29) is 5.41 Å². The summed E-state index contributed by atoms with van der Waals surface area (Å²) in [5, 5.41) is 11.3. The number of ether oxygens (including phenoxy) is 2. The molecule has 4 aromatic rings. The number of hydrogen-bond acceptors (Lipinski definition) is 3. The maximum absolute atomic E-state index is 11.3. The van der Waals surface area contributed by atoms with Crippen molar-refractivity contribution >= 4 is 0 Å². The van der Waals surface area contributed by atoms with Crippen molar-refractivity contribution in [3.63, 3.8) is 0 Å². The Bertz CT molecular complexity index is 1260. The van der Waals surface area contributed by atoms with E-state index in [0.29, 0.717) is 13.0 Å². The Morgan fingerprint density at radius 3 is 2.26 bits per heavy atom. The van der Waals surface area contributed by atoms with Gasteiger partial charge in [-0.05, 0) is 45.4 Å². The fraction of sp³-hybridized carbons (Fsp3) is 0.250. The lowest BCUT2D eigenvalue weighted by molar-refractivity contribution is 0.176. The molecular formula is C32H34O3. The van der Waals surface area contributed by atoms with Gasteiger partial charge in [0.1, 0.15) is 18.1 Å². The molecular weight excluding hydrogens is 432 g/mol. The zero-order chi connectivity index (χ0) is 24.8. The molecule has 0 aliphatic heterocycles. The molecule has 0 aliphatic carbocycles. The number of para-hydroxylation sites is 2. The molecule has 0 fully saturated rings. The molecule has 35 heavy (non-hydrogen) atoms. The van der Waals surface area contributed by atoms with Gasteiger partial charge in [-0.2, -0.15) is 0 Å². The summed E-state index contributed by atoms with van der Waals surface area (Å²) in [6.45, 7) is 7.05. The average Bonchev–Trinajstić information content (AvgIpc) is 2.88. The summed E-state index contributed by atoms with van der Waals surface area (Å²) >= 11 is 0. The minimum atomic E-state index is -0.668. The standard InChI is InChI=1S/C32H34O3/c1-32(2,3)28-18-11-16-26(31(28)35-22-23-12-6-5-7-13-23)21-29(33)25-15-10-14-24(20-25)27-17-8-9-19-30(27)34-4/h5-20,29,33H,21-22H2,1-4H3. The van der Waals surface area contributed by atoms with E-state index in [1.165, 1.54) is 0 Å². The summed E-state index contributed by atoms with van der Waals surface area (Å²) in [4.78, 5) is 0. The number of aliphatic hydroxyl groups excluding tert-OH is 1. The number of benzene rings is 4. The molecule has 0 aromatic heterocycles. The molecule has 0 heterocycles. The van der Waals surface area contributed by atoms with Crippen LogP contribution in [0.15, 0.2) is 97.1 Å². The molecule has 0 aliphatic rings. The van der Waals surface area contributed by atoms with E-state index < -0.39 is 6.10 Å². The zero-order valence-corrected chi connectivity index (χ0v) is 21.0. The van der Waals surface area contributed by atoms with Gasteiger partial charge in [-0.25, -0.2) is 0 Å². The first-order valence-corrected chi connectivity index (χ1v) is 12.1.